The number of aryl methyl sites for hydroxylation is 2. The van der Waals surface area contributed by atoms with Crippen molar-refractivity contribution in [2.45, 2.75) is 32.9 Å². The van der Waals surface area contributed by atoms with E-state index in [0.29, 0.717) is 6.42 Å². The summed E-state index contributed by atoms with van der Waals surface area (Å²) in [5.41, 5.74) is 2.08. The average molecular weight is 309 g/mol. The predicted octanol–water partition coefficient (Wildman–Crippen LogP) is 3.25. The highest BCUT2D eigenvalue weighted by Crippen LogP contribution is 2.23. The van der Waals surface area contributed by atoms with E-state index in [0.717, 1.165) is 22.4 Å². The Kier molecular flexibility index (Phi) is 4.19. The minimum atomic E-state index is -0.519. The lowest BCUT2D eigenvalue weighted by molar-refractivity contribution is 0.174. The number of hydrogen-bond donors (Lipinski definition) is 1. The van der Waals surface area contributed by atoms with Gasteiger partial charge in [-0.15, -0.1) is 0 Å². The fourth-order valence-electron chi connectivity index (χ4n) is 1.93. The van der Waals surface area contributed by atoms with Gasteiger partial charge in [0.2, 0.25) is 0 Å². The molecule has 96 valence electrons. The van der Waals surface area contributed by atoms with E-state index < -0.39 is 6.10 Å². The molecule has 1 aromatic carbocycles. The number of imidazole rings is 1. The molecule has 0 fully saturated rings. The lowest BCUT2D eigenvalue weighted by Gasteiger charge is -2.13. The molecule has 4 heteroatoms. The standard InChI is InChI=1S/C14H17BrN2O/c1-3-17-7-6-16-14(17)9-13(18)11-5-4-10(2)12(15)8-11/h4-8,13,18H,3,9H2,1-2H3. The number of nitrogens with zero attached hydrogens (tertiary/aromatic N) is 2. The van der Waals surface area contributed by atoms with Crippen LogP contribution in [0.1, 0.15) is 30.0 Å². The van der Waals surface area contributed by atoms with Gasteiger partial charge in [0.1, 0.15) is 5.82 Å². The molecule has 0 spiro atoms. The lowest BCUT2D eigenvalue weighted by atomic mass is 10.0. The maximum atomic E-state index is 10.3. The first-order valence-corrected chi connectivity index (χ1v) is 6.85. The van der Waals surface area contributed by atoms with Crippen LogP contribution in [-0.2, 0) is 13.0 Å². The highest BCUT2D eigenvalue weighted by Gasteiger charge is 2.12. The monoisotopic (exact) mass is 308 g/mol. The Hall–Kier alpha value is -1.13. The third-order valence-corrected chi connectivity index (χ3v) is 3.95. The smallest absolute Gasteiger partial charge is 0.111 e. The first kappa shape index (κ1) is 13.3. The van der Waals surface area contributed by atoms with Gasteiger partial charge in [0.05, 0.1) is 6.10 Å². The van der Waals surface area contributed by atoms with Crippen LogP contribution in [0.2, 0.25) is 0 Å². The van der Waals surface area contributed by atoms with Gasteiger partial charge in [-0.05, 0) is 31.0 Å². The molecule has 18 heavy (non-hydrogen) atoms. The Labute approximate surface area is 116 Å². The zero-order valence-electron chi connectivity index (χ0n) is 10.6. The average Bonchev–Trinajstić information content (AvgIpc) is 2.79. The fourth-order valence-corrected chi connectivity index (χ4v) is 2.32. The summed E-state index contributed by atoms with van der Waals surface area (Å²) in [7, 11) is 0. The van der Waals surface area contributed by atoms with Gasteiger partial charge in [0.15, 0.2) is 0 Å². The molecule has 0 aliphatic carbocycles. The van der Waals surface area contributed by atoms with Crippen molar-refractivity contribution in [3.8, 4) is 0 Å². The van der Waals surface area contributed by atoms with Crippen molar-refractivity contribution in [3.63, 3.8) is 0 Å². The number of benzene rings is 1. The molecule has 2 rings (SSSR count). The van der Waals surface area contributed by atoms with Crippen LogP contribution in [-0.4, -0.2) is 14.7 Å². The van der Waals surface area contributed by atoms with Gasteiger partial charge in [0.25, 0.3) is 0 Å². The molecule has 0 radical (unpaired) electrons. The molecule has 0 amide bonds. The summed E-state index contributed by atoms with van der Waals surface area (Å²) in [6.07, 6.45) is 3.73. The highest BCUT2D eigenvalue weighted by atomic mass is 79.9. The Morgan fingerprint density at radius 1 is 1.44 bits per heavy atom. The van der Waals surface area contributed by atoms with Crippen molar-refractivity contribution in [2.75, 3.05) is 0 Å². The maximum Gasteiger partial charge on any atom is 0.111 e. The zero-order chi connectivity index (χ0) is 13.1. The molecule has 1 N–H and O–H groups in total. The Morgan fingerprint density at radius 2 is 2.22 bits per heavy atom. The van der Waals surface area contributed by atoms with Crippen molar-refractivity contribution < 1.29 is 5.11 Å². The SMILES string of the molecule is CCn1ccnc1CC(O)c1ccc(C)c(Br)c1. The quantitative estimate of drug-likeness (QED) is 0.941. The summed E-state index contributed by atoms with van der Waals surface area (Å²) >= 11 is 3.49. The normalized spacial score (nSPS) is 12.7. The van der Waals surface area contributed by atoms with Crippen molar-refractivity contribution in [1.29, 1.82) is 0 Å². The summed E-state index contributed by atoms with van der Waals surface area (Å²) < 4.78 is 3.07. The minimum absolute atomic E-state index is 0.519. The summed E-state index contributed by atoms with van der Waals surface area (Å²) in [5, 5.41) is 10.3. The van der Waals surface area contributed by atoms with Crippen molar-refractivity contribution in [2.24, 2.45) is 0 Å². The van der Waals surface area contributed by atoms with Crippen LogP contribution in [0.3, 0.4) is 0 Å². The summed E-state index contributed by atoms with van der Waals surface area (Å²) in [4.78, 5) is 4.28. The molecule has 0 aliphatic rings. The molecule has 1 unspecified atom stereocenters. The van der Waals surface area contributed by atoms with Crippen molar-refractivity contribution >= 4 is 15.9 Å². The van der Waals surface area contributed by atoms with E-state index in [1.54, 1.807) is 6.20 Å². The van der Waals surface area contributed by atoms with Crippen LogP contribution < -0.4 is 0 Å². The van der Waals surface area contributed by atoms with Crippen LogP contribution in [0.4, 0.5) is 0 Å². The molecule has 3 nitrogen and oxygen atoms in total. The van der Waals surface area contributed by atoms with E-state index in [2.05, 4.69) is 27.8 Å². The van der Waals surface area contributed by atoms with Gasteiger partial charge in [0, 0.05) is 29.8 Å². The maximum absolute atomic E-state index is 10.3. The molecule has 2 aromatic rings. The molecule has 0 saturated heterocycles. The van der Waals surface area contributed by atoms with E-state index >= 15 is 0 Å². The Bertz CT molecular complexity index is 536. The van der Waals surface area contributed by atoms with E-state index in [1.807, 2.05) is 35.9 Å². The third kappa shape index (κ3) is 2.82. The van der Waals surface area contributed by atoms with Crippen LogP contribution >= 0.6 is 15.9 Å². The van der Waals surface area contributed by atoms with Crippen LogP contribution in [0, 0.1) is 6.92 Å². The molecule has 1 heterocycles. The van der Waals surface area contributed by atoms with Gasteiger partial charge >= 0.3 is 0 Å². The summed E-state index contributed by atoms with van der Waals surface area (Å²) in [5.74, 6) is 0.918. The van der Waals surface area contributed by atoms with Crippen molar-refractivity contribution in [1.82, 2.24) is 9.55 Å². The van der Waals surface area contributed by atoms with Gasteiger partial charge in [-0.3, -0.25) is 0 Å². The second kappa shape index (κ2) is 5.67. The van der Waals surface area contributed by atoms with E-state index in [-0.39, 0.29) is 0 Å². The number of aliphatic hydroxyl groups excluding tert-OH is 1. The Balaban J connectivity index is 2.16. The van der Waals surface area contributed by atoms with Crippen LogP contribution in [0.5, 0.6) is 0 Å². The molecule has 1 atom stereocenters. The number of halogens is 1. The summed E-state index contributed by atoms with van der Waals surface area (Å²) in [6, 6.07) is 5.94. The van der Waals surface area contributed by atoms with Gasteiger partial charge in [-0.2, -0.15) is 0 Å². The van der Waals surface area contributed by atoms with Crippen LogP contribution in [0.25, 0.3) is 0 Å². The largest absolute Gasteiger partial charge is 0.388 e. The number of hydrogen-bond acceptors (Lipinski definition) is 2. The highest BCUT2D eigenvalue weighted by molar-refractivity contribution is 9.10. The molecular weight excluding hydrogens is 292 g/mol. The number of rotatable bonds is 4. The van der Waals surface area contributed by atoms with Gasteiger partial charge in [-0.25, -0.2) is 4.98 Å². The third-order valence-electron chi connectivity index (χ3n) is 3.10. The molecule has 0 bridgehead atoms. The first-order chi connectivity index (χ1) is 8.61. The van der Waals surface area contributed by atoms with Gasteiger partial charge < -0.3 is 9.67 Å². The molecule has 0 aliphatic heterocycles. The second-order valence-electron chi connectivity index (χ2n) is 4.36. The predicted molar refractivity (Wildman–Crippen MR) is 75.4 cm³/mol. The first-order valence-electron chi connectivity index (χ1n) is 6.06. The number of aliphatic hydroxyl groups is 1. The number of aromatic nitrogens is 2. The van der Waals surface area contributed by atoms with E-state index in [4.69, 9.17) is 0 Å². The second-order valence-corrected chi connectivity index (χ2v) is 5.21. The summed E-state index contributed by atoms with van der Waals surface area (Å²) in [6.45, 7) is 4.98. The van der Waals surface area contributed by atoms with E-state index in [9.17, 15) is 5.11 Å². The fraction of sp³-hybridized carbons (Fsp3) is 0.357. The lowest BCUT2D eigenvalue weighted by Crippen LogP contribution is -2.08. The van der Waals surface area contributed by atoms with Crippen LogP contribution in [0.15, 0.2) is 35.1 Å². The van der Waals surface area contributed by atoms with Crippen molar-refractivity contribution in [3.05, 3.63) is 52.0 Å². The van der Waals surface area contributed by atoms with E-state index in [1.165, 1.54) is 5.56 Å². The minimum Gasteiger partial charge on any atom is -0.388 e. The molecule has 1 aromatic heterocycles. The topological polar surface area (TPSA) is 38.0 Å². The Morgan fingerprint density at radius 3 is 2.89 bits per heavy atom. The molecule has 0 saturated carbocycles. The van der Waals surface area contributed by atoms with Gasteiger partial charge in [-0.1, -0.05) is 28.1 Å². The molecular formula is C14H17BrN2O. The zero-order valence-corrected chi connectivity index (χ0v) is 12.2.